The highest BCUT2D eigenvalue weighted by atomic mass is 19.3. The molecule has 0 aliphatic carbocycles. The van der Waals surface area contributed by atoms with Crippen LogP contribution in [0.25, 0.3) is 0 Å². The van der Waals surface area contributed by atoms with Crippen LogP contribution in [0, 0.1) is 5.92 Å². The summed E-state index contributed by atoms with van der Waals surface area (Å²) >= 11 is 0. The smallest absolute Gasteiger partial charge is 0.387 e. The Labute approximate surface area is 122 Å². The topological polar surface area (TPSA) is 49.8 Å². The second-order valence-corrected chi connectivity index (χ2v) is 5.18. The predicted octanol–water partition coefficient (Wildman–Crippen LogP) is 2.52. The van der Waals surface area contributed by atoms with Gasteiger partial charge in [0.1, 0.15) is 5.75 Å². The minimum Gasteiger partial charge on any atom is -0.435 e. The van der Waals surface area contributed by atoms with Crippen LogP contribution in [-0.2, 0) is 0 Å². The Morgan fingerprint density at radius 2 is 2.29 bits per heavy atom. The number of hydrogen-bond acceptors (Lipinski definition) is 3. The summed E-state index contributed by atoms with van der Waals surface area (Å²) < 4.78 is 28.7. The molecule has 1 aromatic carbocycles. The molecule has 0 spiro atoms. The number of rotatable bonds is 4. The van der Waals surface area contributed by atoms with E-state index in [-0.39, 0.29) is 23.7 Å². The zero-order valence-electron chi connectivity index (χ0n) is 11.8. The van der Waals surface area contributed by atoms with Crippen LogP contribution in [0.3, 0.4) is 0 Å². The summed E-state index contributed by atoms with van der Waals surface area (Å²) in [6.07, 6.45) is 0.948. The van der Waals surface area contributed by atoms with Crippen LogP contribution in [0.5, 0.6) is 5.75 Å². The third kappa shape index (κ3) is 3.91. The molecule has 116 valence electrons. The van der Waals surface area contributed by atoms with Crippen molar-refractivity contribution in [2.45, 2.75) is 32.5 Å². The highest BCUT2D eigenvalue weighted by Crippen LogP contribution is 2.23. The second-order valence-electron chi connectivity index (χ2n) is 5.18. The molecule has 0 radical (unpaired) electrons. The molecule has 6 heteroatoms. The molecule has 1 aromatic rings. The van der Waals surface area contributed by atoms with E-state index in [1.54, 1.807) is 11.0 Å². The molecule has 0 saturated carbocycles. The monoisotopic (exact) mass is 299 g/mol. The van der Waals surface area contributed by atoms with E-state index in [1.807, 2.05) is 6.92 Å². The van der Waals surface area contributed by atoms with Crippen LogP contribution in [0.2, 0.25) is 0 Å². The molecule has 2 atom stereocenters. The van der Waals surface area contributed by atoms with Crippen molar-refractivity contribution in [3.63, 3.8) is 0 Å². The van der Waals surface area contributed by atoms with Gasteiger partial charge in [-0.05, 0) is 31.0 Å². The maximum Gasteiger partial charge on any atom is 0.387 e. The van der Waals surface area contributed by atoms with Crippen LogP contribution in [0.15, 0.2) is 24.3 Å². The van der Waals surface area contributed by atoms with Crippen molar-refractivity contribution in [3.05, 3.63) is 29.8 Å². The highest BCUT2D eigenvalue weighted by Gasteiger charge is 2.29. The summed E-state index contributed by atoms with van der Waals surface area (Å²) in [5.41, 5.74) is 0.319. The van der Waals surface area contributed by atoms with E-state index in [4.69, 9.17) is 0 Å². The molecule has 1 N–H and O–H groups in total. The van der Waals surface area contributed by atoms with Gasteiger partial charge in [0.15, 0.2) is 0 Å². The number of ether oxygens (including phenoxy) is 1. The Morgan fingerprint density at radius 3 is 2.95 bits per heavy atom. The lowest BCUT2D eigenvalue weighted by atomic mass is 9.92. The SMILES string of the molecule is CCC1CN(C(=O)c2cccc(OC(F)F)c2)CCC1O. The molecular formula is C15H19F2NO3. The summed E-state index contributed by atoms with van der Waals surface area (Å²) in [4.78, 5) is 14.1. The van der Waals surface area contributed by atoms with Crippen molar-refractivity contribution in [1.29, 1.82) is 0 Å². The van der Waals surface area contributed by atoms with Crippen LogP contribution in [0.4, 0.5) is 8.78 Å². The van der Waals surface area contributed by atoms with Gasteiger partial charge in [0.05, 0.1) is 6.10 Å². The number of alkyl halides is 2. The van der Waals surface area contributed by atoms with Gasteiger partial charge in [0.25, 0.3) is 5.91 Å². The van der Waals surface area contributed by atoms with Crippen LogP contribution in [-0.4, -0.2) is 41.7 Å². The molecule has 1 fully saturated rings. The summed E-state index contributed by atoms with van der Waals surface area (Å²) in [5.74, 6) is -0.191. The number of carbonyl (C=O) groups is 1. The van der Waals surface area contributed by atoms with Gasteiger partial charge in [-0.3, -0.25) is 4.79 Å². The van der Waals surface area contributed by atoms with E-state index >= 15 is 0 Å². The van der Waals surface area contributed by atoms with Gasteiger partial charge in [0, 0.05) is 24.6 Å². The van der Waals surface area contributed by atoms with E-state index in [9.17, 15) is 18.7 Å². The zero-order chi connectivity index (χ0) is 15.4. The third-order valence-corrected chi connectivity index (χ3v) is 3.81. The summed E-state index contributed by atoms with van der Waals surface area (Å²) in [7, 11) is 0. The lowest BCUT2D eigenvalue weighted by molar-refractivity contribution is -0.0499. The van der Waals surface area contributed by atoms with E-state index in [2.05, 4.69) is 4.74 Å². The average Bonchev–Trinajstić information content (AvgIpc) is 2.46. The summed E-state index contributed by atoms with van der Waals surface area (Å²) in [6, 6.07) is 5.80. The summed E-state index contributed by atoms with van der Waals surface area (Å²) in [5, 5.41) is 9.84. The predicted molar refractivity (Wildman–Crippen MR) is 73.4 cm³/mol. The number of aliphatic hydroxyl groups excluding tert-OH is 1. The number of carbonyl (C=O) groups excluding carboxylic acids is 1. The van der Waals surface area contributed by atoms with E-state index in [0.29, 0.717) is 25.1 Å². The van der Waals surface area contributed by atoms with Crippen molar-refractivity contribution in [2.24, 2.45) is 5.92 Å². The largest absolute Gasteiger partial charge is 0.435 e. The van der Waals surface area contributed by atoms with Gasteiger partial charge in [-0.15, -0.1) is 0 Å². The fourth-order valence-corrected chi connectivity index (χ4v) is 2.59. The fourth-order valence-electron chi connectivity index (χ4n) is 2.59. The quantitative estimate of drug-likeness (QED) is 0.929. The molecule has 1 saturated heterocycles. The molecule has 1 aliphatic heterocycles. The van der Waals surface area contributed by atoms with Crippen molar-refractivity contribution < 1.29 is 23.4 Å². The number of benzene rings is 1. The first kappa shape index (κ1) is 15.7. The lowest BCUT2D eigenvalue weighted by Crippen LogP contribution is -2.45. The van der Waals surface area contributed by atoms with Crippen molar-refractivity contribution >= 4 is 5.91 Å². The molecule has 0 aromatic heterocycles. The minimum atomic E-state index is -2.91. The molecule has 2 unspecified atom stereocenters. The van der Waals surface area contributed by atoms with Crippen LogP contribution in [0.1, 0.15) is 30.1 Å². The number of amides is 1. The Bertz CT molecular complexity index is 496. The average molecular weight is 299 g/mol. The standard InChI is InChI=1S/C15H19F2NO3/c1-2-10-9-18(7-6-13(10)19)14(20)11-4-3-5-12(8-11)21-15(16)17/h3-5,8,10,13,15,19H,2,6-7,9H2,1H3. The number of likely N-dealkylation sites (tertiary alicyclic amines) is 1. The molecule has 4 nitrogen and oxygen atoms in total. The Kier molecular flexibility index (Phi) is 5.12. The van der Waals surface area contributed by atoms with E-state index < -0.39 is 6.61 Å². The van der Waals surface area contributed by atoms with Crippen molar-refractivity contribution in [2.75, 3.05) is 13.1 Å². The van der Waals surface area contributed by atoms with Gasteiger partial charge < -0.3 is 14.7 Å². The molecule has 0 bridgehead atoms. The molecule has 21 heavy (non-hydrogen) atoms. The number of hydrogen-bond donors (Lipinski definition) is 1. The first-order valence-corrected chi connectivity index (χ1v) is 7.03. The first-order valence-electron chi connectivity index (χ1n) is 7.03. The van der Waals surface area contributed by atoms with Crippen molar-refractivity contribution in [3.8, 4) is 5.75 Å². The number of aliphatic hydroxyl groups is 1. The molecule has 2 rings (SSSR count). The minimum absolute atomic E-state index is 0.0278. The van der Waals surface area contributed by atoms with Crippen LogP contribution >= 0.6 is 0 Å². The van der Waals surface area contributed by atoms with Crippen molar-refractivity contribution in [1.82, 2.24) is 4.90 Å². The van der Waals surface area contributed by atoms with Gasteiger partial charge in [0.2, 0.25) is 0 Å². The van der Waals surface area contributed by atoms with Crippen LogP contribution < -0.4 is 4.74 Å². The van der Waals surface area contributed by atoms with E-state index in [1.165, 1.54) is 18.2 Å². The number of nitrogens with zero attached hydrogens (tertiary/aromatic N) is 1. The fraction of sp³-hybridized carbons (Fsp3) is 0.533. The van der Waals surface area contributed by atoms with Gasteiger partial charge >= 0.3 is 6.61 Å². The molecule has 1 heterocycles. The second kappa shape index (κ2) is 6.85. The Hall–Kier alpha value is -1.69. The molecular weight excluding hydrogens is 280 g/mol. The summed E-state index contributed by atoms with van der Waals surface area (Å²) in [6.45, 7) is 0.0104. The maximum atomic E-state index is 12.4. The zero-order valence-corrected chi connectivity index (χ0v) is 11.8. The Balaban J connectivity index is 2.09. The first-order chi connectivity index (χ1) is 10.0. The molecule has 1 amide bonds. The number of halogens is 2. The van der Waals surface area contributed by atoms with Gasteiger partial charge in [-0.1, -0.05) is 13.0 Å². The normalized spacial score (nSPS) is 22.4. The Morgan fingerprint density at radius 1 is 1.52 bits per heavy atom. The number of piperidine rings is 1. The van der Waals surface area contributed by atoms with Gasteiger partial charge in [-0.25, -0.2) is 0 Å². The third-order valence-electron chi connectivity index (χ3n) is 3.81. The highest BCUT2D eigenvalue weighted by molar-refractivity contribution is 5.94. The maximum absolute atomic E-state index is 12.4. The lowest BCUT2D eigenvalue weighted by Gasteiger charge is -2.35. The molecule has 1 aliphatic rings. The van der Waals surface area contributed by atoms with E-state index in [0.717, 1.165) is 6.42 Å². The van der Waals surface area contributed by atoms with Gasteiger partial charge in [-0.2, -0.15) is 8.78 Å².